The molecule has 27 heavy (non-hydrogen) atoms. The molecule has 0 N–H and O–H groups in total. The van der Waals surface area contributed by atoms with Crippen molar-refractivity contribution in [2.75, 3.05) is 0 Å². The molecule has 2 aromatic rings. The van der Waals surface area contributed by atoms with Crippen molar-refractivity contribution in [1.82, 2.24) is 0 Å². The minimum absolute atomic E-state index is 0.0802. The van der Waals surface area contributed by atoms with Gasteiger partial charge in [-0.05, 0) is 61.6 Å². The summed E-state index contributed by atoms with van der Waals surface area (Å²) in [6.07, 6.45) is 1.83. The number of carbonyl (C=O) groups excluding carboxylic acids is 1. The fourth-order valence-corrected chi connectivity index (χ4v) is 5.96. The van der Waals surface area contributed by atoms with Crippen molar-refractivity contribution in [2.24, 2.45) is 0 Å². The molecule has 0 amide bonds. The third-order valence-corrected chi connectivity index (χ3v) is 7.84. The molecule has 0 radical (unpaired) electrons. The van der Waals surface area contributed by atoms with Crippen LogP contribution in [0.25, 0.3) is 0 Å². The lowest BCUT2D eigenvalue weighted by atomic mass is 10.1. The highest BCUT2D eigenvalue weighted by molar-refractivity contribution is 7.93. The third-order valence-electron chi connectivity index (χ3n) is 5.21. The Labute approximate surface area is 159 Å². The number of esters is 1. The number of aryl methyl sites for hydroxylation is 2. The molecule has 0 heterocycles. The first-order chi connectivity index (χ1) is 12.8. The molecule has 0 saturated heterocycles. The fourth-order valence-electron chi connectivity index (χ4n) is 3.60. The van der Waals surface area contributed by atoms with E-state index in [0.29, 0.717) is 24.0 Å². The van der Waals surface area contributed by atoms with E-state index in [1.165, 1.54) is 24.3 Å². The number of carbonyl (C=O) groups is 1. The Hall–Kier alpha value is -2.21. The lowest BCUT2D eigenvalue weighted by Gasteiger charge is -2.27. The van der Waals surface area contributed by atoms with Crippen molar-refractivity contribution in [3.63, 3.8) is 0 Å². The van der Waals surface area contributed by atoms with E-state index >= 15 is 0 Å². The van der Waals surface area contributed by atoms with Gasteiger partial charge in [-0.1, -0.05) is 37.1 Å². The summed E-state index contributed by atoms with van der Waals surface area (Å²) in [6, 6.07) is 10.8. The quantitative estimate of drug-likeness (QED) is 0.715. The van der Waals surface area contributed by atoms with E-state index in [2.05, 4.69) is 0 Å². The van der Waals surface area contributed by atoms with Gasteiger partial charge in [0.2, 0.25) is 0 Å². The standard InChI is InChI=1S/C21H23FO4S/c1-15-5-6-16(2)19(13-15)27(24,25)21(11-3-4-12-21)20(23)26-14-17-7-9-18(22)10-8-17/h5-10,13H,3-4,11-12,14H2,1-2H3. The van der Waals surface area contributed by atoms with Crippen LogP contribution in [-0.2, 0) is 26.0 Å². The molecule has 1 aliphatic rings. The van der Waals surface area contributed by atoms with Crippen LogP contribution in [-0.4, -0.2) is 19.1 Å². The summed E-state index contributed by atoms with van der Waals surface area (Å²) in [7, 11) is -3.90. The second kappa shape index (κ2) is 7.43. The Balaban J connectivity index is 1.91. The maximum absolute atomic E-state index is 13.5. The Kier molecular flexibility index (Phi) is 5.38. The smallest absolute Gasteiger partial charge is 0.328 e. The van der Waals surface area contributed by atoms with Gasteiger partial charge < -0.3 is 4.74 Å². The van der Waals surface area contributed by atoms with Gasteiger partial charge in [0.25, 0.3) is 0 Å². The molecule has 0 unspecified atom stereocenters. The number of sulfone groups is 1. The Morgan fingerprint density at radius 2 is 1.70 bits per heavy atom. The van der Waals surface area contributed by atoms with Gasteiger partial charge in [0.1, 0.15) is 12.4 Å². The van der Waals surface area contributed by atoms with Crippen LogP contribution in [0.4, 0.5) is 4.39 Å². The highest BCUT2D eigenvalue weighted by atomic mass is 32.2. The maximum Gasteiger partial charge on any atom is 0.328 e. The number of halogens is 1. The fraction of sp³-hybridized carbons (Fsp3) is 0.381. The minimum atomic E-state index is -3.90. The van der Waals surface area contributed by atoms with E-state index < -0.39 is 20.6 Å². The Bertz CT molecular complexity index is 943. The highest BCUT2D eigenvalue weighted by Crippen LogP contribution is 2.42. The predicted molar refractivity (Wildman–Crippen MR) is 100 cm³/mol. The van der Waals surface area contributed by atoms with Crippen LogP contribution in [0.2, 0.25) is 0 Å². The first-order valence-electron chi connectivity index (χ1n) is 9.00. The maximum atomic E-state index is 13.5. The molecule has 1 aliphatic carbocycles. The van der Waals surface area contributed by atoms with Crippen molar-refractivity contribution >= 4 is 15.8 Å². The largest absolute Gasteiger partial charge is 0.460 e. The van der Waals surface area contributed by atoms with Crippen molar-refractivity contribution in [3.05, 3.63) is 65.0 Å². The van der Waals surface area contributed by atoms with Crippen molar-refractivity contribution in [2.45, 2.75) is 55.8 Å². The van der Waals surface area contributed by atoms with Crippen LogP contribution in [0.1, 0.15) is 42.4 Å². The number of ether oxygens (including phenoxy) is 1. The van der Waals surface area contributed by atoms with E-state index in [1.54, 1.807) is 19.1 Å². The average molecular weight is 390 g/mol. The molecule has 144 valence electrons. The third kappa shape index (κ3) is 3.63. The molecule has 0 bridgehead atoms. The van der Waals surface area contributed by atoms with Gasteiger partial charge in [-0.2, -0.15) is 0 Å². The van der Waals surface area contributed by atoms with Gasteiger partial charge in [0.15, 0.2) is 14.6 Å². The van der Waals surface area contributed by atoms with Gasteiger partial charge in [-0.15, -0.1) is 0 Å². The lowest BCUT2D eigenvalue weighted by Crippen LogP contribution is -2.45. The van der Waals surface area contributed by atoms with E-state index in [9.17, 15) is 17.6 Å². The summed E-state index contributed by atoms with van der Waals surface area (Å²) < 4.78 is 43.8. The van der Waals surface area contributed by atoms with E-state index in [4.69, 9.17) is 4.74 Å². The Morgan fingerprint density at radius 1 is 1.07 bits per heavy atom. The van der Waals surface area contributed by atoms with Crippen molar-refractivity contribution in [1.29, 1.82) is 0 Å². The molecule has 2 aromatic carbocycles. The topological polar surface area (TPSA) is 60.4 Å². The molecular formula is C21H23FO4S. The molecule has 3 rings (SSSR count). The van der Waals surface area contributed by atoms with Crippen LogP contribution < -0.4 is 0 Å². The summed E-state index contributed by atoms with van der Waals surface area (Å²) in [5.41, 5.74) is 2.06. The van der Waals surface area contributed by atoms with Gasteiger partial charge in [0, 0.05) is 0 Å². The van der Waals surface area contributed by atoms with Gasteiger partial charge in [-0.25, -0.2) is 12.8 Å². The highest BCUT2D eigenvalue weighted by Gasteiger charge is 2.54. The molecular weight excluding hydrogens is 367 g/mol. The van der Waals surface area contributed by atoms with Crippen molar-refractivity contribution < 1.29 is 22.3 Å². The van der Waals surface area contributed by atoms with Gasteiger partial charge in [-0.3, -0.25) is 4.79 Å². The zero-order valence-electron chi connectivity index (χ0n) is 15.5. The monoisotopic (exact) mass is 390 g/mol. The Morgan fingerprint density at radius 3 is 2.33 bits per heavy atom. The first-order valence-corrected chi connectivity index (χ1v) is 10.5. The van der Waals surface area contributed by atoms with Crippen LogP contribution in [0.5, 0.6) is 0 Å². The van der Waals surface area contributed by atoms with Gasteiger partial charge >= 0.3 is 5.97 Å². The predicted octanol–water partition coefficient (Wildman–Crippen LogP) is 4.27. The summed E-state index contributed by atoms with van der Waals surface area (Å²) >= 11 is 0. The average Bonchev–Trinajstić information content (AvgIpc) is 3.14. The zero-order chi connectivity index (χ0) is 19.7. The van der Waals surface area contributed by atoms with E-state index in [-0.39, 0.29) is 30.2 Å². The van der Waals surface area contributed by atoms with Crippen LogP contribution in [0.15, 0.2) is 47.4 Å². The molecule has 0 aliphatic heterocycles. The van der Waals surface area contributed by atoms with Crippen molar-refractivity contribution in [3.8, 4) is 0 Å². The van der Waals surface area contributed by atoms with Crippen LogP contribution >= 0.6 is 0 Å². The molecule has 0 spiro atoms. The summed E-state index contributed by atoms with van der Waals surface area (Å²) in [4.78, 5) is 13.1. The molecule has 1 saturated carbocycles. The van der Waals surface area contributed by atoms with E-state index in [0.717, 1.165) is 5.56 Å². The zero-order valence-corrected chi connectivity index (χ0v) is 16.3. The second-order valence-electron chi connectivity index (χ2n) is 7.18. The lowest BCUT2D eigenvalue weighted by molar-refractivity contribution is -0.148. The summed E-state index contributed by atoms with van der Waals surface area (Å²) in [5.74, 6) is -1.10. The minimum Gasteiger partial charge on any atom is -0.460 e. The first kappa shape index (κ1) is 19.5. The molecule has 0 atom stereocenters. The number of hydrogen-bond donors (Lipinski definition) is 0. The normalized spacial score (nSPS) is 16.3. The number of rotatable bonds is 5. The molecule has 6 heteroatoms. The molecule has 1 fully saturated rings. The molecule has 0 aromatic heterocycles. The number of benzene rings is 2. The van der Waals surface area contributed by atoms with Crippen LogP contribution in [0, 0.1) is 19.7 Å². The summed E-state index contributed by atoms with van der Waals surface area (Å²) in [6.45, 7) is 3.48. The molecule has 4 nitrogen and oxygen atoms in total. The second-order valence-corrected chi connectivity index (χ2v) is 9.40. The van der Waals surface area contributed by atoms with E-state index in [1.807, 2.05) is 13.0 Å². The number of hydrogen-bond acceptors (Lipinski definition) is 4. The SMILES string of the molecule is Cc1ccc(C)c(S(=O)(=O)C2(C(=O)OCc3ccc(F)cc3)CCCC2)c1. The van der Waals surface area contributed by atoms with Gasteiger partial charge in [0.05, 0.1) is 4.90 Å². The summed E-state index contributed by atoms with van der Waals surface area (Å²) in [5, 5.41) is 0. The van der Waals surface area contributed by atoms with Crippen LogP contribution in [0.3, 0.4) is 0 Å².